The van der Waals surface area contributed by atoms with E-state index in [9.17, 15) is 0 Å². The normalized spacial score (nSPS) is 35.1. The van der Waals surface area contributed by atoms with Gasteiger partial charge in [-0.25, -0.2) is 0 Å². The van der Waals surface area contributed by atoms with Crippen LogP contribution in [0.3, 0.4) is 0 Å². The molecule has 2 saturated heterocycles. The van der Waals surface area contributed by atoms with E-state index in [-0.39, 0.29) is 0 Å². The molecule has 0 aromatic heterocycles. The lowest BCUT2D eigenvalue weighted by Crippen LogP contribution is -2.38. The first-order valence-corrected chi connectivity index (χ1v) is 8.44. The number of hydrogen-bond donors (Lipinski definition) is 1. The highest BCUT2D eigenvalue weighted by Crippen LogP contribution is 2.33. The molecule has 1 N–H and O–H groups in total. The van der Waals surface area contributed by atoms with Gasteiger partial charge >= 0.3 is 0 Å². The Bertz CT molecular complexity index is 284. The summed E-state index contributed by atoms with van der Waals surface area (Å²) in [5.74, 6) is 0.795. The van der Waals surface area contributed by atoms with Gasteiger partial charge in [-0.2, -0.15) is 0 Å². The highest BCUT2D eigenvalue weighted by Gasteiger charge is 2.38. The van der Waals surface area contributed by atoms with Crippen molar-refractivity contribution in [2.75, 3.05) is 32.7 Å². The molecule has 3 aliphatic rings. The largest absolute Gasteiger partial charge is 0.312 e. The standard InChI is InChI=1S/C16H31N3/c1-13(11-18-7-3-4-8-18)10-17-15-9-14(2)19(12-15)16-5-6-16/h13-17H,3-12H2,1-2H3. The Morgan fingerprint density at radius 3 is 2.63 bits per heavy atom. The van der Waals surface area contributed by atoms with Gasteiger partial charge in [0.25, 0.3) is 0 Å². The number of rotatable bonds is 6. The average molecular weight is 265 g/mol. The molecule has 3 rings (SSSR count). The Hall–Kier alpha value is -0.120. The maximum Gasteiger partial charge on any atom is 0.0210 e. The molecule has 110 valence electrons. The third-order valence-electron chi connectivity index (χ3n) is 5.16. The van der Waals surface area contributed by atoms with E-state index in [1.54, 1.807) is 0 Å². The van der Waals surface area contributed by atoms with Crippen molar-refractivity contribution in [3.8, 4) is 0 Å². The first-order chi connectivity index (χ1) is 9.22. The molecule has 0 amide bonds. The van der Waals surface area contributed by atoms with E-state index in [1.807, 2.05) is 0 Å². The van der Waals surface area contributed by atoms with Crippen molar-refractivity contribution in [2.45, 2.75) is 64.1 Å². The molecule has 0 spiro atoms. The van der Waals surface area contributed by atoms with Gasteiger partial charge in [0.15, 0.2) is 0 Å². The van der Waals surface area contributed by atoms with Crippen LogP contribution < -0.4 is 5.32 Å². The highest BCUT2D eigenvalue weighted by molar-refractivity contribution is 4.96. The molecule has 3 unspecified atom stereocenters. The van der Waals surface area contributed by atoms with Gasteiger partial charge in [-0.1, -0.05) is 6.92 Å². The van der Waals surface area contributed by atoms with Gasteiger partial charge in [-0.05, 0) is 64.6 Å². The van der Waals surface area contributed by atoms with Crippen molar-refractivity contribution in [2.24, 2.45) is 5.92 Å². The summed E-state index contributed by atoms with van der Waals surface area (Å²) in [4.78, 5) is 5.38. The molecule has 1 aliphatic carbocycles. The van der Waals surface area contributed by atoms with E-state index in [0.717, 1.165) is 24.0 Å². The topological polar surface area (TPSA) is 18.5 Å². The molecule has 3 nitrogen and oxygen atoms in total. The van der Waals surface area contributed by atoms with Crippen LogP contribution in [-0.4, -0.2) is 60.6 Å². The molecule has 0 radical (unpaired) electrons. The molecule has 0 aromatic rings. The summed E-state index contributed by atoms with van der Waals surface area (Å²) in [6.45, 7) is 11.3. The fourth-order valence-corrected chi connectivity index (χ4v) is 3.96. The van der Waals surface area contributed by atoms with Crippen LogP contribution in [0.2, 0.25) is 0 Å². The summed E-state index contributed by atoms with van der Waals surface area (Å²) in [5.41, 5.74) is 0. The van der Waals surface area contributed by atoms with E-state index >= 15 is 0 Å². The van der Waals surface area contributed by atoms with Crippen LogP contribution in [0.25, 0.3) is 0 Å². The molecule has 3 fully saturated rings. The second kappa shape index (κ2) is 6.11. The molecule has 2 aliphatic heterocycles. The summed E-state index contributed by atoms with van der Waals surface area (Å²) in [6, 6.07) is 2.49. The molecule has 2 heterocycles. The zero-order chi connectivity index (χ0) is 13.2. The Morgan fingerprint density at radius 2 is 1.95 bits per heavy atom. The SMILES string of the molecule is CC(CNC1CC(C)N(C2CC2)C1)CN1CCCC1. The summed E-state index contributed by atoms with van der Waals surface area (Å²) in [7, 11) is 0. The van der Waals surface area contributed by atoms with Crippen molar-refractivity contribution in [1.82, 2.24) is 15.1 Å². The highest BCUT2D eigenvalue weighted by atomic mass is 15.3. The lowest BCUT2D eigenvalue weighted by Gasteiger charge is -2.22. The summed E-state index contributed by atoms with van der Waals surface area (Å²) in [5, 5.41) is 3.83. The fraction of sp³-hybridized carbons (Fsp3) is 1.00. The van der Waals surface area contributed by atoms with E-state index in [2.05, 4.69) is 29.0 Å². The van der Waals surface area contributed by atoms with Gasteiger partial charge in [0.2, 0.25) is 0 Å². The smallest absolute Gasteiger partial charge is 0.0210 e. The molecule has 3 atom stereocenters. The Morgan fingerprint density at radius 1 is 1.21 bits per heavy atom. The van der Waals surface area contributed by atoms with Gasteiger partial charge in [-0.15, -0.1) is 0 Å². The minimum absolute atomic E-state index is 0.747. The number of nitrogens with zero attached hydrogens (tertiary/aromatic N) is 2. The molecular formula is C16H31N3. The molecule has 0 aromatic carbocycles. The number of hydrogen-bond acceptors (Lipinski definition) is 3. The fourth-order valence-electron chi connectivity index (χ4n) is 3.96. The van der Waals surface area contributed by atoms with Gasteiger partial charge in [0.05, 0.1) is 0 Å². The number of likely N-dealkylation sites (tertiary alicyclic amines) is 2. The molecule has 1 saturated carbocycles. The third kappa shape index (κ3) is 3.71. The van der Waals surface area contributed by atoms with Crippen LogP contribution in [0, 0.1) is 5.92 Å². The lowest BCUT2D eigenvalue weighted by atomic mass is 10.1. The van der Waals surface area contributed by atoms with Crippen molar-refractivity contribution >= 4 is 0 Å². The van der Waals surface area contributed by atoms with Gasteiger partial charge in [0, 0.05) is 31.2 Å². The van der Waals surface area contributed by atoms with E-state index < -0.39 is 0 Å². The predicted molar refractivity (Wildman–Crippen MR) is 80.4 cm³/mol. The minimum Gasteiger partial charge on any atom is -0.312 e. The maximum absolute atomic E-state index is 3.83. The van der Waals surface area contributed by atoms with E-state index in [1.165, 1.54) is 64.8 Å². The van der Waals surface area contributed by atoms with Crippen molar-refractivity contribution < 1.29 is 0 Å². The van der Waals surface area contributed by atoms with Crippen LogP contribution in [0.1, 0.15) is 46.0 Å². The quantitative estimate of drug-likeness (QED) is 0.792. The molecule has 0 bridgehead atoms. The predicted octanol–water partition coefficient (Wildman–Crippen LogP) is 1.93. The van der Waals surface area contributed by atoms with E-state index in [0.29, 0.717) is 0 Å². The minimum atomic E-state index is 0.747. The van der Waals surface area contributed by atoms with Crippen LogP contribution in [-0.2, 0) is 0 Å². The maximum atomic E-state index is 3.83. The van der Waals surface area contributed by atoms with Crippen LogP contribution in [0.5, 0.6) is 0 Å². The zero-order valence-corrected chi connectivity index (χ0v) is 12.8. The van der Waals surface area contributed by atoms with Crippen molar-refractivity contribution in [1.29, 1.82) is 0 Å². The summed E-state index contributed by atoms with van der Waals surface area (Å²) >= 11 is 0. The molecule has 19 heavy (non-hydrogen) atoms. The first kappa shape index (κ1) is 13.8. The van der Waals surface area contributed by atoms with Gasteiger partial charge in [-0.3, -0.25) is 4.90 Å². The van der Waals surface area contributed by atoms with E-state index in [4.69, 9.17) is 0 Å². The Labute approximate surface area is 118 Å². The average Bonchev–Trinajstić information content (AvgIpc) is 2.97. The van der Waals surface area contributed by atoms with Crippen LogP contribution in [0.15, 0.2) is 0 Å². The third-order valence-corrected chi connectivity index (χ3v) is 5.16. The first-order valence-electron chi connectivity index (χ1n) is 8.44. The molecule has 3 heteroatoms. The van der Waals surface area contributed by atoms with Crippen molar-refractivity contribution in [3.05, 3.63) is 0 Å². The summed E-state index contributed by atoms with van der Waals surface area (Å²) in [6.07, 6.45) is 7.07. The zero-order valence-electron chi connectivity index (χ0n) is 12.8. The van der Waals surface area contributed by atoms with Crippen molar-refractivity contribution in [3.63, 3.8) is 0 Å². The monoisotopic (exact) mass is 265 g/mol. The Kier molecular flexibility index (Phi) is 4.45. The van der Waals surface area contributed by atoms with Gasteiger partial charge < -0.3 is 10.2 Å². The van der Waals surface area contributed by atoms with Gasteiger partial charge in [0.1, 0.15) is 0 Å². The summed E-state index contributed by atoms with van der Waals surface area (Å²) < 4.78 is 0. The Balaban J connectivity index is 1.35. The second-order valence-corrected chi connectivity index (χ2v) is 7.23. The van der Waals surface area contributed by atoms with Crippen LogP contribution in [0.4, 0.5) is 0 Å². The molecular weight excluding hydrogens is 234 g/mol. The van der Waals surface area contributed by atoms with Crippen LogP contribution >= 0.6 is 0 Å². The second-order valence-electron chi connectivity index (χ2n) is 7.23. The lowest BCUT2D eigenvalue weighted by molar-refractivity contribution is 0.252. The number of nitrogens with one attached hydrogen (secondary N) is 1.